The van der Waals surface area contributed by atoms with Crippen molar-refractivity contribution in [3.05, 3.63) is 23.8 Å². The van der Waals surface area contributed by atoms with E-state index in [0.717, 1.165) is 0 Å². The normalized spacial score (nSPS) is 9.76. The Morgan fingerprint density at radius 3 is 2.59 bits per heavy atom. The van der Waals surface area contributed by atoms with Crippen LogP contribution in [-0.2, 0) is 14.3 Å². The Bertz CT molecular complexity index is 430. The van der Waals surface area contributed by atoms with Gasteiger partial charge in [-0.3, -0.25) is 4.79 Å². The third kappa shape index (κ3) is 3.46. The van der Waals surface area contributed by atoms with Gasteiger partial charge >= 0.3 is 5.97 Å². The van der Waals surface area contributed by atoms with E-state index in [4.69, 9.17) is 0 Å². The van der Waals surface area contributed by atoms with Crippen molar-refractivity contribution in [2.45, 2.75) is 0 Å². The molecule has 17 heavy (non-hydrogen) atoms. The van der Waals surface area contributed by atoms with Crippen LogP contribution in [0.2, 0.25) is 0 Å². The lowest BCUT2D eigenvalue weighted by molar-refractivity contribution is -0.119. The van der Waals surface area contributed by atoms with Gasteiger partial charge in [-0.05, 0) is 18.2 Å². The number of anilines is 1. The third-order valence-electron chi connectivity index (χ3n) is 1.97. The molecule has 0 fully saturated rings. The average Bonchev–Trinajstić information content (AvgIpc) is 2.31. The van der Waals surface area contributed by atoms with Gasteiger partial charge in [0.25, 0.3) is 0 Å². The van der Waals surface area contributed by atoms with Crippen molar-refractivity contribution in [1.29, 1.82) is 0 Å². The zero-order valence-corrected chi connectivity index (χ0v) is 9.52. The zero-order chi connectivity index (χ0) is 12.8. The van der Waals surface area contributed by atoms with Gasteiger partial charge in [0.1, 0.15) is 12.4 Å². The monoisotopic (exact) mass is 239 g/mol. The van der Waals surface area contributed by atoms with Crippen LogP contribution in [0.3, 0.4) is 0 Å². The first kappa shape index (κ1) is 13.0. The second-order valence-corrected chi connectivity index (χ2v) is 3.20. The molecular formula is C11H13NO5. The number of nitrogens with one attached hydrogen (secondary N) is 1. The Kier molecular flexibility index (Phi) is 4.47. The van der Waals surface area contributed by atoms with Crippen LogP contribution in [0.1, 0.15) is 10.4 Å². The van der Waals surface area contributed by atoms with Crippen molar-refractivity contribution in [2.75, 3.05) is 26.1 Å². The van der Waals surface area contributed by atoms with Crippen molar-refractivity contribution < 1.29 is 24.2 Å². The molecule has 2 N–H and O–H groups in total. The molecule has 1 aromatic rings. The summed E-state index contributed by atoms with van der Waals surface area (Å²) in [6.07, 6.45) is 0. The number of carbonyl (C=O) groups excluding carboxylic acids is 2. The number of esters is 1. The highest BCUT2D eigenvalue weighted by Gasteiger charge is 2.10. The summed E-state index contributed by atoms with van der Waals surface area (Å²) in [6.45, 7) is -0.113. The van der Waals surface area contributed by atoms with Crippen molar-refractivity contribution in [1.82, 2.24) is 0 Å². The lowest BCUT2D eigenvalue weighted by atomic mass is 10.2. The lowest BCUT2D eigenvalue weighted by Crippen LogP contribution is -2.17. The summed E-state index contributed by atoms with van der Waals surface area (Å²) in [7, 11) is 2.63. The molecule has 0 aromatic heterocycles. The fourth-order valence-corrected chi connectivity index (χ4v) is 1.20. The molecule has 0 aliphatic rings. The molecule has 0 saturated heterocycles. The Morgan fingerprint density at radius 1 is 1.35 bits per heavy atom. The fourth-order valence-electron chi connectivity index (χ4n) is 1.20. The maximum absolute atomic E-state index is 11.2. The van der Waals surface area contributed by atoms with Gasteiger partial charge in [-0.15, -0.1) is 0 Å². The minimum Gasteiger partial charge on any atom is -0.506 e. The SMILES string of the molecule is COCC(=O)Nc1ccc(C(=O)OC)cc1O. The topological polar surface area (TPSA) is 84.9 Å². The van der Waals surface area contributed by atoms with Gasteiger partial charge in [-0.2, -0.15) is 0 Å². The van der Waals surface area contributed by atoms with Gasteiger partial charge in [0.05, 0.1) is 18.4 Å². The smallest absolute Gasteiger partial charge is 0.337 e. The number of carbonyl (C=O) groups is 2. The van der Waals surface area contributed by atoms with Crippen LogP contribution in [-0.4, -0.2) is 37.8 Å². The van der Waals surface area contributed by atoms with Crippen LogP contribution in [0.25, 0.3) is 0 Å². The number of phenols is 1. The summed E-state index contributed by atoms with van der Waals surface area (Å²) in [5.74, 6) is -1.17. The number of hydrogen-bond donors (Lipinski definition) is 2. The lowest BCUT2D eigenvalue weighted by Gasteiger charge is -2.07. The molecule has 0 bridgehead atoms. The molecule has 0 unspecified atom stereocenters. The number of benzene rings is 1. The predicted octanol–water partition coefficient (Wildman–Crippen LogP) is 0.764. The van der Waals surface area contributed by atoms with E-state index in [1.807, 2.05) is 0 Å². The van der Waals surface area contributed by atoms with Gasteiger partial charge in [0, 0.05) is 7.11 Å². The molecule has 0 heterocycles. The maximum Gasteiger partial charge on any atom is 0.337 e. The van der Waals surface area contributed by atoms with Gasteiger partial charge < -0.3 is 19.9 Å². The number of hydrogen-bond acceptors (Lipinski definition) is 5. The molecule has 0 atom stereocenters. The second kappa shape index (κ2) is 5.86. The Balaban J connectivity index is 2.83. The molecule has 0 spiro atoms. The predicted molar refractivity (Wildman–Crippen MR) is 60.0 cm³/mol. The van der Waals surface area contributed by atoms with Gasteiger partial charge in [-0.25, -0.2) is 4.79 Å². The molecule has 6 heteroatoms. The van der Waals surface area contributed by atoms with Crippen molar-refractivity contribution in [3.63, 3.8) is 0 Å². The number of aromatic hydroxyl groups is 1. The van der Waals surface area contributed by atoms with Gasteiger partial charge in [-0.1, -0.05) is 0 Å². The maximum atomic E-state index is 11.2. The van der Waals surface area contributed by atoms with Crippen LogP contribution in [0, 0.1) is 0 Å². The van der Waals surface area contributed by atoms with Crippen LogP contribution in [0.15, 0.2) is 18.2 Å². The van der Waals surface area contributed by atoms with Crippen LogP contribution < -0.4 is 5.32 Å². The molecule has 0 saturated carbocycles. The molecule has 6 nitrogen and oxygen atoms in total. The van der Waals surface area contributed by atoms with E-state index in [0.29, 0.717) is 0 Å². The number of phenolic OH excluding ortho intramolecular Hbond substituents is 1. The molecule has 1 aromatic carbocycles. The van der Waals surface area contributed by atoms with Crippen LogP contribution in [0.4, 0.5) is 5.69 Å². The molecule has 0 radical (unpaired) electrons. The van der Waals surface area contributed by atoms with E-state index < -0.39 is 11.9 Å². The molecule has 1 amide bonds. The standard InChI is InChI=1S/C11H13NO5/c1-16-6-10(14)12-8-4-3-7(5-9(8)13)11(15)17-2/h3-5,13H,6H2,1-2H3,(H,12,14). The number of rotatable bonds is 4. The van der Waals surface area contributed by atoms with Gasteiger partial charge in [0.15, 0.2) is 0 Å². The number of methoxy groups -OCH3 is 2. The molecule has 92 valence electrons. The van der Waals surface area contributed by atoms with E-state index in [2.05, 4.69) is 14.8 Å². The van der Waals surface area contributed by atoms with Crippen molar-refractivity contribution in [3.8, 4) is 5.75 Å². The van der Waals surface area contributed by atoms with E-state index in [-0.39, 0.29) is 23.6 Å². The Labute approximate surface area is 98.2 Å². The average molecular weight is 239 g/mol. The highest BCUT2D eigenvalue weighted by Crippen LogP contribution is 2.24. The van der Waals surface area contributed by atoms with E-state index in [9.17, 15) is 14.7 Å². The third-order valence-corrected chi connectivity index (χ3v) is 1.97. The highest BCUT2D eigenvalue weighted by molar-refractivity contribution is 5.95. The van der Waals surface area contributed by atoms with Gasteiger partial charge in [0.2, 0.25) is 5.91 Å². The zero-order valence-electron chi connectivity index (χ0n) is 9.52. The van der Waals surface area contributed by atoms with E-state index >= 15 is 0 Å². The summed E-state index contributed by atoms with van der Waals surface area (Å²) in [6, 6.07) is 4.07. The molecule has 0 aliphatic carbocycles. The first-order valence-electron chi connectivity index (χ1n) is 4.78. The fraction of sp³-hybridized carbons (Fsp3) is 0.273. The summed E-state index contributed by atoms with van der Waals surface area (Å²) < 4.78 is 9.12. The number of ether oxygens (including phenoxy) is 2. The number of amides is 1. The van der Waals surface area contributed by atoms with E-state index in [1.54, 1.807) is 0 Å². The summed E-state index contributed by atoms with van der Waals surface area (Å²) >= 11 is 0. The minimum atomic E-state index is -0.560. The largest absolute Gasteiger partial charge is 0.506 e. The Morgan fingerprint density at radius 2 is 2.06 bits per heavy atom. The summed E-state index contributed by atoms with van der Waals surface area (Å²) in [5.41, 5.74) is 0.412. The highest BCUT2D eigenvalue weighted by atomic mass is 16.5. The Hall–Kier alpha value is -2.08. The first-order valence-corrected chi connectivity index (χ1v) is 4.78. The van der Waals surface area contributed by atoms with Crippen molar-refractivity contribution in [2.24, 2.45) is 0 Å². The molecule has 1 rings (SSSR count). The van der Waals surface area contributed by atoms with Crippen LogP contribution in [0.5, 0.6) is 5.75 Å². The quantitative estimate of drug-likeness (QED) is 0.598. The second-order valence-electron chi connectivity index (χ2n) is 3.20. The summed E-state index contributed by atoms with van der Waals surface area (Å²) in [5, 5.41) is 12.0. The van der Waals surface area contributed by atoms with Crippen molar-refractivity contribution >= 4 is 17.6 Å². The molecule has 0 aliphatic heterocycles. The van der Waals surface area contributed by atoms with E-state index in [1.165, 1.54) is 32.4 Å². The minimum absolute atomic E-state index is 0.113. The first-order chi connectivity index (χ1) is 8.08. The molecular weight excluding hydrogens is 226 g/mol. The summed E-state index contributed by atoms with van der Waals surface area (Å²) in [4.78, 5) is 22.4. The van der Waals surface area contributed by atoms with Crippen LogP contribution >= 0.6 is 0 Å².